The van der Waals surface area contributed by atoms with E-state index in [-0.39, 0.29) is 23.2 Å². The summed E-state index contributed by atoms with van der Waals surface area (Å²) in [4.78, 5) is 16.4. The second-order valence-corrected chi connectivity index (χ2v) is 5.72. The van der Waals surface area contributed by atoms with Crippen molar-refractivity contribution in [3.63, 3.8) is 0 Å². The second kappa shape index (κ2) is 7.31. The Hall–Kier alpha value is -4.23. The van der Waals surface area contributed by atoms with Gasteiger partial charge in [-0.05, 0) is 18.2 Å². The molecular formula is C16H11F3N8O3. The Morgan fingerprint density at radius 3 is 2.63 bits per heavy atom. The van der Waals surface area contributed by atoms with Gasteiger partial charge in [0.15, 0.2) is 5.65 Å². The number of rotatable bonds is 5. The third kappa shape index (κ3) is 3.57. The van der Waals surface area contributed by atoms with Crippen LogP contribution in [0.4, 0.5) is 30.8 Å². The van der Waals surface area contributed by atoms with Crippen molar-refractivity contribution in [2.45, 2.75) is 6.18 Å². The summed E-state index contributed by atoms with van der Waals surface area (Å²) < 4.78 is 51.2. The fourth-order valence-electron chi connectivity index (χ4n) is 2.57. The fraction of sp³-hybridized carbons (Fsp3) is 0.125. The van der Waals surface area contributed by atoms with Gasteiger partial charge in [0, 0.05) is 6.07 Å². The maximum Gasteiger partial charge on any atom is 0.431 e. The molecule has 0 bridgehead atoms. The molecule has 0 saturated heterocycles. The van der Waals surface area contributed by atoms with E-state index in [0.29, 0.717) is 16.0 Å². The van der Waals surface area contributed by atoms with Gasteiger partial charge in [-0.1, -0.05) is 5.10 Å². The Bertz CT molecular complexity index is 1190. The molecule has 4 aromatic rings. The lowest BCUT2D eigenvalue weighted by molar-refractivity contribution is -0.141. The highest BCUT2D eigenvalue weighted by Crippen LogP contribution is 2.32. The van der Waals surface area contributed by atoms with Gasteiger partial charge in [0.1, 0.15) is 5.69 Å². The summed E-state index contributed by atoms with van der Waals surface area (Å²) in [5, 5.41) is 19.4. The SMILES string of the molecule is COc1ccc(Nc2nnc3c(C(=O)Nc4nnco4)ccc(C(F)(F)F)n23)cn1. The van der Waals surface area contributed by atoms with E-state index < -0.39 is 17.8 Å². The van der Waals surface area contributed by atoms with Crippen LogP contribution in [0.15, 0.2) is 41.3 Å². The van der Waals surface area contributed by atoms with Gasteiger partial charge in [-0.15, -0.1) is 15.3 Å². The van der Waals surface area contributed by atoms with E-state index in [2.05, 4.69) is 36.0 Å². The summed E-state index contributed by atoms with van der Waals surface area (Å²) in [6, 6.07) is 4.56. The number of amides is 1. The van der Waals surface area contributed by atoms with Crippen molar-refractivity contribution in [1.29, 1.82) is 0 Å². The maximum atomic E-state index is 13.6. The summed E-state index contributed by atoms with van der Waals surface area (Å²) in [7, 11) is 1.43. The lowest BCUT2D eigenvalue weighted by atomic mass is 10.2. The number of fused-ring (bicyclic) bond motifs is 1. The molecule has 14 heteroatoms. The molecule has 0 fully saturated rings. The first-order valence-electron chi connectivity index (χ1n) is 8.16. The van der Waals surface area contributed by atoms with Crippen molar-refractivity contribution >= 4 is 29.2 Å². The molecular weight excluding hydrogens is 409 g/mol. The molecule has 4 aromatic heterocycles. The molecule has 1 amide bonds. The van der Waals surface area contributed by atoms with E-state index >= 15 is 0 Å². The highest BCUT2D eigenvalue weighted by molar-refractivity contribution is 6.07. The van der Waals surface area contributed by atoms with E-state index in [0.717, 1.165) is 18.5 Å². The summed E-state index contributed by atoms with van der Waals surface area (Å²) in [5.74, 6) is -0.748. The summed E-state index contributed by atoms with van der Waals surface area (Å²) in [5.41, 5.74) is -1.26. The van der Waals surface area contributed by atoms with Gasteiger partial charge in [-0.2, -0.15) is 13.2 Å². The van der Waals surface area contributed by atoms with Crippen LogP contribution in [-0.4, -0.2) is 42.8 Å². The largest absolute Gasteiger partial charge is 0.481 e. The first-order valence-corrected chi connectivity index (χ1v) is 8.16. The molecule has 11 nitrogen and oxygen atoms in total. The molecule has 0 spiro atoms. The quantitative estimate of drug-likeness (QED) is 0.500. The molecule has 0 atom stereocenters. The standard InChI is InChI=1S/C16H11F3N8O3/c1-29-11-5-2-8(6-20-11)22-14-25-24-12-9(13(28)23-15-26-21-7-30-15)3-4-10(27(12)14)16(17,18)19/h2-7H,1H3,(H,22,25)(H,23,26,28). The second-order valence-electron chi connectivity index (χ2n) is 5.72. The average molecular weight is 420 g/mol. The number of ether oxygens (including phenoxy) is 1. The number of halogens is 3. The monoisotopic (exact) mass is 420 g/mol. The Balaban J connectivity index is 1.78. The Morgan fingerprint density at radius 2 is 2.00 bits per heavy atom. The summed E-state index contributed by atoms with van der Waals surface area (Å²) in [6.45, 7) is 0. The zero-order chi connectivity index (χ0) is 21.3. The molecule has 154 valence electrons. The normalized spacial score (nSPS) is 11.5. The number of anilines is 3. The third-order valence-electron chi connectivity index (χ3n) is 3.87. The molecule has 4 heterocycles. The van der Waals surface area contributed by atoms with Crippen molar-refractivity contribution < 1.29 is 27.1 Å². The lowest BCUT2D eigenvalue weighted by Crippen LogP contribution is -2.18. The number of carbonyl (C=O) groups excluding carboxylic acids is 1. The summed E-state index contributed by atoms with van der Waals surface area (Å²) in [6.07, 6.45) is -2.41. The first-order chi connectivity index (χ1) is 14.4. The van der Waals surface area contributed by atoms with Crippen LogP contribution in [0.2, 0.25) is 0 Å². The van der Waals surface area contributed by atoms with Crippen LogP contribution in [0.5, 0.6) is 5.88 Å². The molecule has 30 heavy (non-hydrogen) atoms. The van der Waals surface area contributed by atoms with Crippen LogP contribution in [-0.2, 0) is 6.18 Å². The molecule has 0 aliphatic heterocycles. The van der Waals surface area contributed by atoms with Gasteiger partial charge in [0.05, 0.1) is 24.6 Å². The highest BCUT2D eigenvalue weighted by atomic mass is 19.4. The molecule has 0 unspecified atom stereocenters. The third-order valence-corrected chi connectivity index (χ3v) is 3.87. The number of carbonyl (C=O) groups is 1. The van der Waals surface area contributed by atoms with Crippen molar-refractivity contribution in [3.8, 4) is 5.88 Å². The van der Waals surface area contributed by atoms with Gasteiger partial charge in [-0.25, -0.2) is 4.98 Å². The van der Waals surface area contributed by atoms with Crippen molar-refractivity contribution in [2.75, 3.05) is 17.7 Å². The molecule has 0 aromatic carbocycles. The Labute approximate surface area is 164 Å². The minimum Gasteiger partial charge on any atom is -0.481 e. The van der Waals surface area contributed by atoms with Gasteiger partial charge in [-0.3, -0.25) is 14.5 Å². The number of aromatic nitrogens is 6. The number of hydrogen-bond acceptors (Lipinski definition) is 9. The van der Waals surface area contributed by atoms with Crippen LogP contribution in [0.3, 0.4) is 0 Å². The molecule has 0 saturated carbocycles. The van der Waals surface area contributed by atoms with E-state index in [4.69, 9.17) is 9.15 Å². The molecule has 0 aliphatic rings. The molecule has 0 radical (unpaired) electrons. The number of methoxy groups -OCH3 is 1. The lowest BCUT2D eigenvalue weighted by Gasteiger charge is -2.13. The smallest absolute Gasteiger partial charge is 0.431 e. The zero-order valence-corrected chi connectivity index (χ0v) is 15.0. The van der Waals surface area contributed by atoms with Crippen LogP contribution in [0.1, 0.15) is 16.1 Å². The minimum absolute atomic E-state index is 0.186. The van der Waals surface area contributed by atoms with Crippen molar-refractivity contribution in [1.82, 2.24) is 29.8 Å². The van der Waals surface area contributed by atoms with Crippen molar-refractivity contribution in [2.24, 2.45) is 0 Å². The highest BCUT2D eigenvalue weighted by Gasteiger charge is 2.36. The van der Waals surface area contributed by atoms with Gasteiger partial charge >= 0.3 is 12.2 Å². The van der Waals surface area contributed by atoms with E-state index in [1.807, 2.05) is 0 Å². The van der Waals surface area contributed by atoms with E-state index in [9.17, 15) is 18.0 Å². The number of nitrogens with one attached hydrogen (secondary N) is 2. The van der Waals surface area contributed by atoms with Crippen LogP contribution >= 0.6 is 0 Å². The van der Waals surface area contributed by atoms with Gasteiger partial charge < -0.3 is 14.5 Å². The maximum absolute atomic E-state index is 13.6. The number of hydrogen-bond donors (Lipinski definition) is 2. The topological polar surface area (TPSA) is 132 Å². The van der Waals surface area contributed by atoms with Crippen molar-refractivity contribution in [3.05, 3.63) is 48.1 Å². The zero-order valence-electron chi connectivity index (χ0n) is 15.0. The Morgan fingerprint density at radius 1 is 1.17 bits per heavy atom. The van der Waals surface area contributed by atoms with E-state index in [1.165, 1.54) is 25.4 Å². The van der Waals surface area contributed by atoms with E-state index in [1.54, 1.807) is 0 Å². The number of nitrogens with zero attached hydrogens (tertiary/aromatic N) is 6. The molecule has 2 N–H and O–H groups in total. The Kier molecular flexibility index (Phi) is 4.65. The van der Waals surface area contributed by atoms with Crippen LogP contribution in [0.25, 0.3) is 5.65 Å². The predicted octanol–water partition coefficient (Wildman–Crippen LogP) is 2.53. The number of alkyl halides is 3. The molecule has 4 rings (SSSR count). The molecule has 0 aliphatic carbocycles. The first kappa shape index (κ1) is 19.1. The van der Waals surface area contributed by atoms with Gasteiger partial charge in [0.2, 0.25) is 18.2 Å². The summed E-state index contributed by atoms with van der Waals surface area (Å²) >= 11 is 0. The fourth-order valence-corrected chi connectivity index (χ4v) is 2.57. The van der Waals surface area contributed by atoms with Gasteiger partial charge in [0.25, 0.3) is 5.91 Å². The van der Waals surface area contributed by atoms with Crippen LogP contribution < -0.4 is 15.4 Å². The average Bonchev–Trinajstić information content (AvgIpc) is 3.37. The minimum atomic E-state index is -4.74. The number of pyridine rings is 2. The predicted molar refractivity (Wildman–Crippen MR) is 94.3 cm³/mol. The van der Waals surface area contributed by atoms with Crippen LogP contribution in [0, 0.1) is 0 Å².